The Morgan fingerprint density at radius 3 is 2.32 bits per heavy atom. The van der Waals surface area contributed by atoms with Crippen LogP contribution in [0.5, 0.6) is 17.4 Å². The summed E-state index contributed by atoms with van der Waals surface area (Å²) in [6.45, 7) is 0.355. The molecule has 1 heterocycles. The van der Waals surface area contributed by atoms with Gasteiger partial charge in [-0.2, -0.15) is 18.2 Å². The van der Waals surface area contributed by atoms with E-state index in [4.69, 9.17) is 9.47 Å². The number of ether oxygens (including phenoxy) is 2. The maximum atomic E-state index is 12.4. The summed E-state index contributed by atoms with van der Waals surface area (Å²) in [5.74, 6) is 0.169. The number of alkyl halides is 3. The van der Waals surface area contributed by atoms with E-state index in [0.717, 1.165) is 7.05 Å². The van der Waals surface area contributed by atoms with Crippen LogP contribution in [0, 0.1) is 0 Å². The Balaban J connectivity index is 1.90. The van der Waals surface area contributed by atoms with Crippen molar-refractivity contribution in [2.24, 2.45) is 0 Å². The van der Waals surface area contributed by atoms with Gasteiger partial charge in [-0.1, -0.05) is 0 Å². The minimum absolute atomic E-state index is 0.0296. The largest absolute Gasteiger partial charge is 0.497 e. The van der Waals surface area contributed by atoms with E-state index in [9.17, 15) is 18.0 Å². The van der Waals surface area contributed by atoms with Crippen molar-refractivity contribution >= 4 is 11.7 Å². The number of carbonyl (C=O) groups excluding carboxylic acids is 1. The van der Waals surface area contributed by atoms with Crippen molar-refractivity contribution in [2.45, 2.75) is 12.6 Å². The van der Waals surface area contributed by atoms with Gasteiger partial charge >= 0.3 is 12.1 Å². The van der Waals surface area contributed by atoms with Crippen molar-refractivity contribution in [3.05, 3.63) is 36.7 Å². The van der Waals surface area contributed by atoms with Crippen LogP contribution in [0.15, 0.2) is 36.7 Å². The Bertz CT molecular complexity index is 784. The van der Waals surface area contributed by atoms with Gasteiger partial charge in [-0.3, -0.25) is 9.78 Å². The predicted octanol–water partition coefficient (Wildman–Crippen LogP) is 3.12. The van der Waals surface area contributed by atoms with Crippen LogP contribution in [0.3, 0.4) is 0 Å². The molecule has 0 radical (unpaired) electrons. The number of aromatic nitrogens is 2. The lowest BCUT2D eigenvalue weighted by Gasteiger charge is -2.22. The second-order valence-electron chi connectivity index (χ2n) is 5.99. The Morgan fingerprint density at radius 1 is 1.07 bits per heavy atom. The molecule has 0 atom stereocenters. The van der Waals surface area contributed by atoms with Gasteiger partial charge < -0.3 is 19.3 Å². The predicted molar refractivity (Wildman–Crippen MR) is 96.7 cm³/mol. The van der Waals surface area contributed by atoms with E-state index in [1.54, 1.807) is 43.3 Å². The molecular weight excluding hydrogens is 377 g/mol. The monoisotopic (exact) mass is 398 g/mol. The average Bonchev–Trinajstić information content (AvgIpc) is 2.67. The summed E-state index contributed by atoms with van der Waals surface area (Å²) in [7, 11) is 4.42. The molecule has 28 heavy (non-hydrogen) atoms. The first-order valence-corrected chi connectivity index (χ1v) is 8.38. The van der Waals surface area contributed by atoms with E-state index in [-0.39, 0.29) is 12.4 Å². The van der Waals surface area contributed by atoms with Crippen molar-refractivity contribution in [2.75, 3.05) is 39.2 Å². The molecule has 0 saturated carbocycles. The van der Waals surface area contributed by atoms with Crippen LogP contribution >= 0.6 is 0 Å². The van der Waals surface area contributed by atoms with Gasteiger partial charge in [0.15, 0.2) is 5.82 Å². The second-order valence-corrected chi connectivity index (χ2v) is 5.99. The van der Waals surface area contributed by atoms with Gasteiger partial charge in [0.05, 0.1) is 19.5 Å². The quantitative estimate of drug-likeness (QED) is 0.681. The smallest absolute Gasteiger partial charge is 0.471 e. The van der Waals surface area contributed by atoms with E-state index in [1.165, 1.54) is 12.4 Å². The van der Waals surface area contributed by atoms with Crippen molar-refractivity contribution in [3.63, 3.8) is 0 Å². The van der Waals surface area contributed by atoms with Gasteiger partial charge in [0.1, 0.15) is 11.5 Å². The Kier molecular flexibility index (Phi) is 7.02. The first-order valence-electron chi connectivity index (χ1n) is 8.38. The van der Waals surface area contributed by atoms with Gasteiger partial charge in [-0.15, -0.1) is 0 Å². The van der Waals surface area contributed by atoms with Crippen molar-refractivity contribution in [3.8, 4) is 17.4 Å². The van der Waals surface area contributed by atoms with Gasteiger partial charge in [0.25, 0.3) is 0 Å². The molecule has 0 aliphatic rings. The summed E-state index contributed by atoms with van der Waals surface area (Å²) >= 11 is 0. The maximum absolute atomic E-state index is 12.4. The number of nitrogens with zero attached hydrogens (tertiary/aromatic N) is 4. The number of hydrogen-bond donors (Lipinski definition) is 0. The lowest BCUT2D eigenvalue weighted by atomic mass is 10.3. The molecule has 1 amide bonds. The van der Waals surface area contributed by atoms with E-state index >= 15 is 0 Å². The number of rotatable bonds is 8. The number of methoxy groups -OCH3 is 1. The molecule has 0 spiro atoms. The first kappa shape index (κ1) is 21.3. The SMILES string of the molecule is COc1ccc(Oc2cncc(N(C)CCCN(C)C(=O)C(F)(F)F)n2)cc1. The molecule has 0 N–H and O–H groups in total. The van der Waals surface area contributed by atoms with E-state index in [1.807, 2.05) is 0 Å². The number of benzene rings is 1. The average molecular weight is 398 g/mol. The molecule has 7 nitrogen and oxygen atoms in total. The Morgan fingerprint density at radius 2 is 1.71 bits per heavy atom. The summed E-state index contributed by atoms with van der Waals surface area (Å²) in [5.41, 5.74) is 0. The highest BCUT2D eigenvalue weighted by Gasteiger charge is 2.40. The summed E-state index contributed by atoms with van der Waals surface area (Å²) in [5, 5.41) is 0. The number of anilines is 1. The fraction of sp³-hybridized carbons (Fsp3) is 0.389. The highest BCUT2D eigenvalue weighted by atomic mass is 19.4. The zero-order chi connectivity index (χ0) is 20.7. The lowest BCUT2D eigenvalue weighted by molar-refractivity contribution is -0.184. The van der Waals surface area contributed by atoms with Crippen LogP contribution in [-0.4, -0.2) is 61.2 Å². The van der Waals surface area contributed by atoms with E-state index < -0.39 is 12.1 Å². The lowest BCUT2D eigenvalue weighted by Crippen LogP contribution is -2.39. The van der Waals surface area contributed by atoms with Crippen LogP contribution in [-0.2, 0) is 4.79 Å². The first-order chi connectivity index (χ1) is 13.2. The normalized spacial score (nSPS) is 11.1. The highest BCUT2D eigenvalue weighted by molar-refractivity contribution is 5.81. The summed E-state index contributed by atoms with van der Waals surface area (Å²) in [6, 6.07) is 6.95. The number of hydrogen-bond acceptors (Lipinski definition) is 6. The fourth-order valence-corrected chi connectivity index (χ4v) is 2.31. The number of carbonyl (C=O) groups is 1. The standard InChI is InChI=1S/C18H21F3N4O3/c1-24(9-4-10-25(2)17(26)18(19,20)21)15-11-22-12-16(23-15)28-14-7-5-13(27-3)6-8-14/h5-8,11-12H,4,9-10H2,1-3H3. The number of amides is 1. The molecule has 0 aliphatic carbocycles. The van der Waals surface area contributed by atoms with Gasteiger partial charge in [-0.25, -0.2) is 0 Å². The van der Waals surface area contributed by atoms with E-state index in [0.29, 0.717) is 35.2 Å². The fourth-order valence-electron chi connectivity index (χ4n) is 2.31. The molecule has 0 bridgehead atoms. The van der Waals surface area contributed by atoms with Crippen LogP contribution in [0.1, 0.15) is 6.42 Å². The van der Waals surface area contributed by atoms with Crippen molar-refractivity contribution in [1.82, 2.24) is 14.9 Å². The molecule has 2 aromatic rings. The van der Waals surface area contributed by atoms with Crippen LogP contribution in [0.25, 0.3) is 0 Å². The van der Waals surface area contributed by atoms with E-state index in [2.05, 4.69) is 9.97 Å². The van der Waals surface area contributed by atoms with Crippen molar-refractivity contribution < 1.29 is 27.4 Å². The minimum atomic E-state index is -4.86. The second kappa shape index (κ2) is 9.25. The molecule has 10 heteroatoms. The van der Waals surface area contributed by atoms with Gasteiger partial charge in [0.2, 0.25) is 5.88 Å². The van der Waals surface area contributed by atoms with Crippen LogP contribution in [0.4, 0.5) is 19.0 Å². The molecule has 1 aromatic carbocycles. The van der Waals surface area contributed by atoms with Crippen LogP contribution in [0.2, 0.25) is 0 Å². The Hall–Kier alpha value is -3.04. The summed E-state index contributed by atoms with van der Waals surface area (Å²) < 4.78 is 47.9. The zero-order valence-electron chi connectivity index (χ0n) is 15.7. The zero-order valence-corrected chi connectivity index (χ0v) is 15.7. The third-order valence-corrected chi connectivity index (χ3v) is 3.85. The summed E-state index contributed by atoms with van der Waals surface area (Å²) in [4.78, 5) is 21.9. The molecule has 0 saturated heterocycles. The molecule has 2 rings (SSSR count). The molecule has 0 unspecified atom stereocenters. The third kappa shape index (κ3) is 6.00. The topological polar surface area (TPSA) is 67.8 Å². The van der Waals surface area contributed by atoms with Gasteiger partial charge in [0, 0.05) is 27.2 Å². The molecule has 0 fully saturated rings. The van der Waals surface area contributed by atoms with Crippen molar-refractivity contribution in [1.29, 1.82) is 0 Å². The third-order valence-electron chi connectivity index (χ3n) is 3.85. The molecule has 0 aliphatic heterocycles. The Labute approximate surface area is 160 Å². The number of halogens is 3. The molecule has 152 valence electrons. The molecule has 1 aromatic heterocycles. The minimum Gasteiger partial charge on any atom is -0.497 e. The van der Waals surface area contributed by atoms with Crippen LogP contribution < -0.4 is 14.4 Å². The molecular formula is C18H21F3N4O3. The maximum Gasteiger partial charge on any atom is 0.471 e. The summed E-state index contributed by atoms with van der Waals surface area (Å²) in [6.07, 6.45) is -1.55. The highest BCUT2D eigenvalue weighted by Crippen LogP contribution is 2.23. The van der Waals surface area contributed by atoms with Gasteiger partial charge in [-0.05, 0) is 30.7 Å².